The Morgan fingerprint density at radius 3 is 2.83 bits per heavy atom. The van der Waals surface area contributed by atoms with Crippen LogP contribution in [0.2, 0.25) is 0 Å². The Bertz CT molecular complexity index is 379. The summed E-state index contributed by atoms with van der Waals surface area (Å²) in [5, 5.41) is 9.10. The molecule has 0 fully saturated rings. The zero-order valence-electron chi connectivity index (χ0n) is 10.9. The summed E-state index contributed by atoms with van der Waals surface area (Å²) in [5.41, 5.74) is 0.642. The molecule has 0 aromatic heterocycles. The zero-order valence-corrected chi connectivity index (χ0v) is 11.7. The summed E-state index contributed by atoms with van der Waals surface area (Å²) in [6.07, 6.45) is 0.713. The molecule has 18 heavy (non-hydrogen) atoms. The minimum atomic E-state index is 0.0776. The van der Waals surface area contributed by atoms with E-state index in [1.807, 2.05) is 32.0 Å². The fraction of sp³-hybridized carbons (Fsp3) is 0.500. The van der Waals surface area contributed by atoms with Gasteiger partial charge in [0.25, 0.3) is 0 Å². The predicted molar refractivity (Wildman–Crippen MR) is 75.6 cm³/mol. The van der Waals surface area contributed by atoms with E-state index in [0.29, 0.717) is 35.3 Å². The van der Waals surface area contributed by atoms with Crippen LogP contribution in [0.3, 0.4) is 0 Å². The average Bonchev–Trinajstić information content (AvgIpc) is 2.37. The third-order valence-electron chi connectivity index (χ3n) is 2.52. The lowest BCUT2D eigenvalue weighted by molar-refractivity contribution is 0.101. The van der Waals surface area contributed by atoms with Crippen molar-refractivity contribution < 1.29 is 14.6 Å². The summed E-state index contributed by atoms with van der Waals surface area (Å²) in [6.45, 7) is 4.64. The van der Waals surface area contributed by atoms with Crippen molar-refractivity contribution >= 4 is 17.5 Å². The van der Waals surface area contributed by atoms with Crippen LogP contribution in [-0.2, 0) is 0 Å². The molecule has 1 aromatic rings. The second kappa shape index (κ2) is 8.16. The first-order valence-electron chi connectivity index (χ1n) is 6.16. The van der Waals surface area contributed by atoms with Gasteiger partial charge >= 0.3 is 0 Å². The standard InChI is InChI=1S/C14H20O3S/c1-3-17-14-7-5-4-6-12(14)13(16)10-18-11(2)8-9-15/h4-7,11,15H,3,8-10H2,1-2H3. The van der Waals surface area contributed by atoms with Gasteiger partial charge in [0.2, 0.25) is 0 Å². The van der Waals surface area contributed by atoms with Crippen LogP contribution in [0.25, 0.3) is 0 Å². The first-order valence-corrected chi connectivity index (χ1v) is 7.21. The minimum Gasteiger partial charge on any atom is -0.493 e. The molecule has 0 aliphatic rings. The maximum atomic E-state index is 12.1. The number of thioether (sulfide) groups is 1. The zero-order chi connectivity index (χ0) is 13.4. The van der Waals surface area contributed by atoms with Gasteiger partial charge in [0.15, 0.2) is 5.78 Å². The molecule has 0 spiro atoms. The SMILES string of the molecule is CCOc1ccccc1C(=O)CSC(C)CCO. The highest BCUT2D eigenvalue weighted by Crippen LogP contribution is 2.22. The van der Waals surface area contributed by atoms with Gasteiger partial charge < -0.3 is 9.84 Å². The third kappa shape index (κ3) is 4.70. The van der Waals surface area contributed by atoms with Crippen LogP contribution in [0.1, 0.15) is 30.6 Å². The molecular formula is C14H20O3S. The molecule has 1 N–H and O–H groups in total. The monoisotopic (exact) mass is 268 g/mol. The average molecular weight is 268 g/mol. The first-order chi connectivity index (χ1) is 8.69. The van der Waals surface area contributed by atoms with E-state index in [1.54, 1.807) is 17.8 Å². The van der Waals surface area contributed by atoms with Gasteiger partial charge in [-0.3, -0.25) is 4.79 Å². The lowest BCUT2D eigenvalue weighted by Crippen LogP contribution is -2.09. The van der Waals surface area contributed by atoms with Crippen LogP contribution in [0.15, 0.2) is 24.3 Å². The number of Topliss-reactive ketones (excluding diaryl/α,β-unsaturated/α-hetero) is 1. The van der Waals surface area contributed by atoms with Crippen LogP contribution in [0.4, 0.5) is 0 Å². The number of rotatable bonds is 8. The molecule has 0 bridgehead atoms. The summed E-state index contributed by atoms with van der Waals surface area (Å²) in [5.74, 6) is 1.15. The van der Waals surface area contributed by atoms with Crippen LogP contribution < -0.4 is 4.74 Å². The van der Waals surface area contributed by atoms with E-state index in [1.165, 1.54) is 0 Å². The molecule has 0 amide bonds. The number of aliphatic hydroxyl groups is 1. The number of carbonyl (C=O) groups is 1. The fourth-order valence-corrected chi connectivity index (χ4v) is 2.40. The lowest BCUT2D eigenvalue weighted by Gasteiger charge is -2.11. The highest BCUT2D eigenvalue weighted by Gasteiger charge is 2.13. The first kappa shape index (κ1) is 15.1. The number of ether oxygens (including phenoxy) is 1. The number of hydrogen-bond acceptors (Lipinski definition) is 4. The Morgan fingerprint density at radius 1 is 1.44 bits per heavy atom. The number of carbonyl (C=O) groups excluding carboxylic acids is 1. The van der Waals surface area contributed by atoms with Crippen molar-refractivity contribution in [1.82, 2.24) is 0 Å². The molecule has 0 heterocycles. The third-order valence-corrected chi connectivity index (χ3v) is 3.76. The summed E-state index contributed by atoms with van der Waals surface area (Å²) in [6, 6.07) is 7.32. The minimum absolute atomic E-state index is 0.0776. The van der Waals surface area contributed by atoms with Crippen LogP contribution in [-0.4, -0.2) is 35.1 Å². The van der Waals surface area contributed by atoms with Gasteiger partial charge in [0, 0.05) is 11.9 Å². The van der Waals surface area contributed by atoms with Crippen molar-refractivity contribution in [1.29, 1.82) is 0 Å². The van der Waals surface area contributed by atoms with Gasteiger partial charge in [-0.05, 0) is 25.5 Å². The fourth-order valence-electron chi connectivity index (χ4n) is 1.54. The van der Waals surface area contributed by atoms with E-state index < -0.39 is 0 Å². The van der Waals surface area contributed by atoms with Gasteiger partial charge in [-0.1, -0.05) is 19.1 Å². The van der Waals surface area contributed by atoms with E-state index in [0.717, 1.165) is 0 Å². The smallest absolute Gasteiger partial charge is 0.176 e. The molecule has 0 aliphatic heterocycles. The Morgan fingerprint density at radius 2 is 2.17 bits per heavy atom. The molecule has 1 rings (SSSR count). The molecule has 0 radical (unpaired) electrons. The van der Waals surface area contributed by atoms with E-state index >= 15 is 0 Å². The molecular weight excluding hydrogens is 248 g/mol. The normalized spacial score (nSPS) is 12.2. The van der Waals surface area contributed by atoms with Crippen molar-refractivity contribution in [3.8, 4) is 5.75 Å². The highest BCUT2D eigenvalue weighted by molar-refractivity contribution is 8.00. The quantitative estimate of drug-likeness (QED) is 0.736. The largest absolute Gasteiger partial charge is 0.493 e. The van der Waals surface area contributed by atoms with E-state index in [9.17, 15) is 4.79 Å². The lowest BCUT2D eigenvalue weighted by atomic mass is 10.1. The molecule has 1 atom stereocenters. The number of hydrogen-bond donors (Lipinski definition) is 1. The number of ketones is 1. The molecule has 100 valence electrons. The molecule has 4 heteroatoms. The van der Waals surface area contributed by atoms with Crippen molar-refractivity contribution in [2.75, 3.05) is 19.0 Å². The summed E-state index contributed by atoms with van der Waals surface area (Å²) >= 11 is 1.57. The van der Waals surface area contributed by atoms with Crippen molar-refractivity contribution in [2.45, 2.75) is 25.5 Å². The van der Waals surface area contributed by atoms with Crippen LogP contribution in [0, 0.1) is 0 Å². The van der Waals surface area contributed by atoms with Crippen molar-refractivity contribution in [3.05, 3.63) is 29.8 Å². The summed E-state index contributed by atoms with van der Waals surface area (Å²) in [4.78, 5) is 12.1. The Balaban J connectivity index is 2.60. The van der Waals surface area contributed by atoms with Crippen LogP contribution in [0.5, 0.6) is 5.75 Å². The summed E-state index contributed by atoms with van der Waals surface area (Å²) in [7, 11) is 0. The van der Waals surface area contributed by atoms with Gasteiger partial charge in [-0.2, -0.15) is 11.8 Å². The molecule has 3 nitrogen and oxygen atoms in total. The second-order valence-corrected chi connectivity index (χ2v) is 5.41. The maximum absolute atomic E-state index is 12.1. The Labute approximate surface area is 113 Å². The van der Waals surface area contributed by atoms with E-state index in [-0.39, 0.29) is 12.4 Å². The number of para-hydroxylation sites is 1. The van der Waals surface area contributed by atoms with Gasteiger partial charge in [0.1, 0.15) is 5.75 Å². The summed E-state index contributed by atoms with van der Waals surface area (Å²) < 4.78 is 5.44. The maximum Gasteiger partial charge on any atom is 0.176 e. The molecule has 0 aliphatic carbocycles. The van der Waals surface area contributed by atoms with Gasteiger partial charge in [-0.15, -0.1) is 0 Å². The topological polar surface area (TPSA) is 46.5 Å². The second-order valence-electron chi connectivity index (χ2n) is 3.99. The van der Waals surface area contributed by atoms with Gasteiger partial charge in [-0.25, -0.2) is 0 Å². The molecule has 1 aromatic carbocycles. The van der Waals surface area contributed by atoms with E-state index in [4.69, 9.17) is 9.84 Å². The molecule has 0 saturated heterocycles. The number of benzene rings is 1. The Hall–Kier alpha value is -1.00. The highest BCUT2D eigenvalue weighted by atomic mass is 32.2. The molecule has 0 saturated carbocycles. The van der Waals surface area contributed by atoms with E-state index in [2.05, 4.69) is 0 Å². The predicted octanol–water partition coefficient (Wildman–Crippen LogP) is 2.77. The van der Waals surface area contributed by atoms with Crippen molar-refractivity contribution in [3.63, 3.8) is 0 Å². The molecule has 1 unspecified atom stereocenters. The Kier molecular flexibility index (Phi) is 6.83. The number of aliphatic hydroxyl groups excluding tert-OH is 1. The van der Waals surface area contributed by atoms with Crippen LogP contribution >= 0.6 is 11.8 Å². The van der Waals surface area contributed by atoms with Gasteiger partial charge in [0.05, 0.1) is 17.9 Å². The van der Waals surface area contributed by atoms with Crippen molar-refractivity contribution in [2.24, 2.45) is 0 Å².